The molecule has 1 saturated heterocycles. The van der Waals surface area contributed by atoms with Gasteiger partial charge in [-0.2, -0.15) is 0 Å². The van der Waals surface area contributed by atoms with Crippen molar-refractivity contribution in [3.8, 4) is 5.75 Å². The maximum Gasteiger partial charge on any atom is 0.260 e. The highest BCUT2D eigenvalue weighted by atomic mass is 16.5. The fourth-order valence-electron chi connectivity index (χ4n) is 2.83. The van der Waals surface area contributed by atoms with E-state index in [4.69, 9.17) is 4.74 Å². The van der Waals surface area contributed by atoms with Crippen LogP contribution in [-0.2, 0) is 4.79 Å². The van der Waals surface area contributed by atoms with Crippen molar-refractivity contribution in [3.05, 3.63) is 29.3 Å². The fraction of sp³-hybridized carbons (Fsp3) is 0.588. The van der Waals surface area contributed by atoms with Crippen LogP contribution in [0.1, 0.15) is 37.8 Å². The second-order valence-electron chi connectivity index (χ2n) is 6.10. The van der Waals surface area contributed by atoms with Crippen LogP contribution in [0.15, 0.2) is 18.2 Å². The predicted molar refractivity (Wildman–Crippen MR) is 84.8 cm³/mol. The van der Waals surface area contributed by atoms with E-state index in [1.807, 2.05) is 17.0 Å². The van der Waals surface area contributed by atoms with Gasteiger partial charge in [0.2, 0.25) is 0 Å². The summed E-state index contributed by atoms with van der Waals surface area (Å²) in [4.78, 5) is 14.1. The van der Waals surface area contributed by atoms with E-state index in [0.29, 0.717) is 5.92 Å². The lowest BCUT2D eigenvalue weighted by Crippen LogP contribution is -2.53. The summed E-state index contributed by atoms with van der Waals surface area (Å²) in [5.41, 5.74) is 2.54. The molecule has 4 heteroatoms. The predicted octanol–water partition coefficient (Wildman–Crippen LogP) is 2.32. The molecule has 4 nitrogen and oxygen atoms in total. The summed E-state index contributed by atoms with van der Waals surface area (Å²) < 4.78 is 5.67. The van der Waals surface area contributed by atoms with E-state index in [-0.39, 0.29) is 18.6 Å². The Hall–Kier alpha value is -1.55. The number of ether oxygens (including phenoxy) is 1. The molecular weight excluding hydrogens is 264 g/mol. The van der Waals surface area contributed by atoms with E-state index in [0.717, 1.165) is 25.4 Å². The molecule has 0 aromatic heterocycles. The number of carbonyl (C=O) groups is 1. The molecule has 1 heterocycles. The first-order valence-electron chi connectivity index (χ1n) is 7.72. The molecule has 2 rings (SSSR count). The third kappa shape index (κ3) is 3.97. The van der Waals surface area contributed by atoms with Crippen LogP contribution in [0.5, 0.6) is 5.75 Å². The minimum Gasteiger partial charge on any atom is -0.484 e. The van der Waals surface area contributed by atoms with Crippen LogP contribution >= 0.6 is 0 Å². The minimum atomic E-state index is 0.0644. The first-order chi connectivity index (χ1) is 9.99. The molecule has 1 aliphatic rings. The number of rotatable bonds is 4. The normalized spacial score (nSPS) is 18.9. The van der Waals surface area contributed by atoms with E-state index in [1.54, 1.807) is 0 Å². The van der Waals surface area contributed by atoms with Gasteiger partial charge >= 0.3 is 0 Å². The molecule has 1 aromatic carbocycles. The van der Waals surface area contributed by atoms with Gasteiger partial charge in [0.15, 0.2) is 6.61 Å². The molecule has 1 fully saturated rings. The zero-order chi connectivity index (χ0) is 15.4. The quantitative estimate of drug-likeness (QED) is 0.925. The average Bonchev–Trinajstić information content (AvgIpc) is 2.45. The van der Waals surface area contributed by atoms with Crippen LogP contribution in [0, 0.1) is 6.92 Å². The first-order valence-corrected chi connectivity index (χ1v) is 7.72. The van der Waals surface area contributed by atoms with Crippen molar-refractivity contribution in [1.82, 2.24) is 10.2 Å². The van der Waals surface area contributed by atoms with Gasteiger partial charge in [0.25, 0.3) is 5.91 Å². The third-order valence-electron chi connectivity index (χ3n) is 4.05. The molecule has 1 aromatic rings. The van der Waals surface area contributed by atoms with Gasteiger partial charge in [0.1, 0.15) is 5.75 Å². The Labute approximate surface area is 127 Å². The summed E-state index contributed by atoms with van der Waals surface area (Å²) >= 11 is 0. The van der Waals surface area contributed by atoms with Crippen LogP contribution in [0.4, 0.5) is 0 Å². The van der Waals surface area contributed by atoms with Crippen molar-refractivity contribution in [2.24, 2.45) is 0 Å². The number of hydrogen-bond acceptors (Lipinski definition) is 3. The Bertz CT molecular complexity index is 500. The summed E-state index contributed by atoms with van der Waals surface area (Å²) in [6, 6.07) is 6.30. The number of carbonyl (C=O) groups excluding carboxylic acids is 1. The molecule has 116 valence electrons. The van der Waals surface area contributed by atoms with Gasteiger partial charge in [-0.3, -0.25) is 4.79 Å². The molecule has 1 N–H and O–H groups in total. The van der Waals surface area contributed by atoms with Crippen molar-refractivity contribution in [3.63, 3.8) is 0 Å². The molecule has 0 unspecified atom stereocenters. The van der Waals surface area contributed by atoms with Gasteiger partial charge in [-0.05, 0) is 43.0 Å². The second-order valence-corrected chi connectivity index (χ2v) is 6.10. The SMILES string of the molecule is Cc1cc(OCC(=O)N2CCNC[C@@H]2C)ccc1C(C)C. The molecular formula is C17H26N2O2. The number of piperazine rings is 1. The monoisotopic (exact) mass is 290 g/mol. The number of amides is 1. The third-order valence-corrected chi connectivity index (χ3v) is 4.05. The Morgan fingerprint density at radius 3 is 2.86 bits per heavy atom. The smallest absolute Gasteiger partial charge is 0.260 e. The van der Waals surface area contributed by atoms with E-state index in [9.17, 15) is 4.79 Å². The van der Waals surface area contributed by atoms with Gasteiger partial charge in [0.05, 0.1) is 0 Å². The van der Waals surface area contributed by atoms with Crippen LogP contribution < -0.4 is 10.1 Å². The van der Waals surface area contributed by atoms with Gasteiger partial charge in [-0.25, -0.2) is 0 Å². The van der Waals surface area contributed by atoms with Gasteiger partial charge in [-0.1, -0.05) is 19.9 Å². The molecule has 21 heavy (non-hydrogen) atoms. The van der Waals surface area contributed by atoms with Gasteiger partial charge in [-0.15, -0.1) is 0 Å². The average molecular weight is 290 g/mol. The van der Waals surface area contributed by atoms with Crippen molar-refractivity contribution in [1.29, 1.82) is 0 Å². The molecule has 1 aliphatic heterocycles. The lowest BCUT2D eigenvalue weighted by atomic mass is 9.98. The van der Waals surface area contributed by atoms with Crippen molar-refractivity contribution in [2.75, 3.05) is 26.2 Å². The van der Waals surface area contributed by atoms with Gasteiger partial charge < -0.3 is 15.0 Å². The molecule has 0 bridgehead atoms. The Morgan fingerprint density at radius 2 is 2.24 bits per heavy atom. The number of benzene rings is 1. The van der Waals surface area contributed by atoms with Crippen LogP contribution in [-0.4, -0.2) is 43.1 Å². The lowest BCUT2D eigenvalue weighted by molar-refractivity contribution is -0.136. The first kappa shape index (κ1) is 15.8. The van der Waals surface area contributed by atoms with E-state index >= 15 is 0 Å². The minimum absolute atomic E-state index is 0.0644. The maximum absolute atomic E-state index is 12.2. The number of aryl methyl sites for hydroxylation is 1. The number of nitrogens with one attached hydrogen (secondary N) is 1. The standard InChI is InChI=1S/C17H26N2O2/c1-12(2)16-6-5-15(9-13(16)3)21-11-17(20)19-8-7-18-10-14(19)4/h5-6,9,12,14,18H,7-8,10-11H2,1-4H3/t14-/m0/s1. The molecule has 1 atom stereocenters. The highest BCUT2D eigenvalue weighted by Crippen LogP contribution is 2.23. The molecule has 0 radical (unpaired) electrons. The van der Waals surface area contributed by atoms with Crippen molar-refractivity contribution in [2.45, 2.75) is 39.7 Å². The highest BCUT2D eigenvalue weighted by Gasteiger charge is 2.23. The summed E-state index contributed by atoms with van der Waals surface area (Å²) in [5, 5.41) is 3.28. The zero-order valence-corrected chi connectivity index (χ0v) is 13.5. The van der Waals surface area contributed by atoms with E-state index < -0.39 is 0 Å². The highest BCUT2D eigenvalue weighted by molar-refractivity contribution is 5.78. The zero-order valence-electron chi connectivity index (χ0n) is 13.5. The molecule has 0 spiro atoms. The Balaban J connectivity index is 1.93. The van der Waals surface area contributed by atoms with Crippen LogP contribution in [0.2, 0.25) is 0 Å². The topological polar surface area (TPSA) is 41.6 Å². The maximum atomic E-state index is 12.2. The molecule has 1 amide bonds. The summed E-state index contributed by atoms with van der Waals surface area (Å²) in [5.74, 6) is 1.34. The summed E-state index contributed by atoms with van der Waals surface area (Å²) in [7, 11) is 0. The lowest BCUT2D eigenvalue weighted by Gasteiger charge is -2.33. The fourth-order valence-corrected chi connectivity index (χ4v) is 2.83. The van der Waals surface area contributed by atoms with Crippen LogP contribution in [0.3, 0.4) is 0 Å². The van der Waals surface area contributed by atoms with Gasteiger partial charge in [0, 0.05) is 25.7 Å². The number of nitrogens with zero attached hydrogens (tertiary/aromatic N) is 1. The second kappa shape index (κ2) is 6.94. The molecule has 0 saturated carbocycles. The van der Waals surface area contributed by atoms with Crippen molar-refractivity contribution < 1.29 is 9.53 Å². The Morgan fingerprint density at radius 1 is 1.48 bits per heavy atom. The largest absolute Gasteiger partial charge is 0.484 e. The molecule has 0 aliphatic carbocycles. The summed E-state index contributed by atoms with van der Waals surface area (Å²) in [6.07, 6.45) is 0. The van der Waals surface area contributed by atoms with Crippen LogP contribution in [0.25, 0.3) is 0 Å². The van der Waals surface area contributed by atoms with E-state index in [2.05, 4.69) is 39.1 Å². The summed E-state index contributed by atoms with van der Waals surface area (Å²) in [6.45, 7) is 11.1. The van der Waals surface area contributed by atoms with E-state index in [1.165, 1.54) is 11.1 Å². The van der Waals surface area contributed by atoms with Crippen molar-refractivity contribution >= 4 is 5.91 Å². The Kier molecular flexibility index (Phi) is 5.23. The number of hydrogen-bond donors (Lipinski definition) is 1.